The van der Waals surface area contributed by atoms with Gasteiger partial charge in [0.25, 0.3) is 5.91 Å². The van der Waals surface area contributed by atoms with Crippen LogP contribution in [0.5, 0.6) is 0 Å². The van der Waals surface area contributed by atoms with Crippen molar-refractivity contribution in [1.29, 1.82) is 0 Å². The van der Waals surface area contributed by atoms with E-state index < -0.39 is 0 Å². The number of hydrogen-bond donors (Lipinski definition) is 2. The first kappa shape index (κ1) is 13.8. The van der Waals surface area contributed by atoms with Gasteiger partial charge in [-0.05, 0) is 25.0 Å². The van der Waals surface area contributed by atoms with Crippen molar-refractivity contribution in [3.8, 4) is 0 Å². The molecular weight excluding hydrogens is 242 g/mol. The van der Waals surface area contributed by atoms with Gasteiger partial charge in [-0.1, -0.05) is 12.8 Å². The van der Waals surface area contributed by atoms with Crippen molar-refractivity contribution >= 4 is 11.7 Å². The number of aromatic nitrogens is 1. The topological polar surface area (TPSA) is 65.5 Å². The van der Waals surface area contributed by atoms with Crippen LogP contribution in [0.15, 0.2) is 18.3 Å². The van der Waals surface area contributed by atoms with Crippen LogP contribution in [-0.2, 0) is 0 Å². The van der Waals surface area contributed by atoms with Crippen molar-refractivity contribution in [3.63, 3.8) is 0 Å². The van der Waals surface area contributed by atoms with Crippen molar-refractivity contribution in [3.05, 3.63) is 23.9 Å². The number of carbonyl (C=O) groups excluding carboxylic acids is 1. The molecule has 1 fully saturated rings. The quantitative estimate of drug-likeness (QED) is 0.845. The average Bonchev–Trinajstić information content (AvgIpc) is 2.98. The van der Waals surface area contributed by atoms with Crippen LogP contribution in [0, 0.1) is 0 Å². The summed E-state index contributed by atoms with van der Waals surface area (Å²) >= 11 is 0. The van der Waals surface area contributed by atoms with E-state index in [-0.39, 0.29) is 18.6 Å². The van der Waals surface area contributed by atoms with Gasteiger partial charge >= 0.3 is 0 Å². The molecule has 0 radical (unpaired) electrons. The molecule has 2 rings (SSSR count). The molecule has 5 heteroatoms. The van der Waals surface area contributed by atoms with Gasteiger partial charge in [0.2, 0.25) is 0 Å². The first-order valence-electron chi connectivity index (χ1n) is 6.82. The molecule has 1 aromatic heterocycles. The second kappa shape index (κ2) is 6.52. The molecule has 19 heavy (non-hydrogen) atoms. The summed E-state index contributed by atoms with van der Waals surface area (Å²) in [4.78, 5) is 18.5. The van der Waals surface area contributed by atoms with Crippen molar-refractivity contribution < 1.29 is 9.90 Å². The van der Waals surface area contributed by atoms with Crippen LogP contribution in [0.3, 0.4) is 0 Å². The van der Waals surface area contributed by atoms with Gasteiger partial charge < -0.3 is 15.3 Å². The minimum atomic E-state index is -0.0140. The third-order valence-electron chi connectivity index (χ3n) is 3.63. The number of nitrogens with one attached hydrogen (secondary N) is 1. The highest BCUT2D eigenvalue weighted by Gasteiger charge is 2.27. The van der Waals surface area contributed by atoms with E-state index in [1.54, 1.807) is 25.4 Å². The molecule has 0 spiro atoms. The van der Waals surface area contributed by atoms with Crippen LogP contribution in [0.25, 0.3) is 0 Å². The molecule has 1 aliphatic carbocycles. The van der Waals surface area contributed by atoms with Crippen molar-refractivity contribution in [2.24, 2.45) is 0 Å². The maximum atomic E-state index is 12.5. The summed E-state index contributed by atoms with van der Waals surface area (Å²) in [5.74, 6) is 0.668. The third kappa shape index (κ3) is 3.23. The molecule has 0 aromatic carbocycles. The maximum absolute atomic E-state index is 12.5. The number of amides is 1. The third-order valence-corrected chi connectivity index (χ3v) is 3.63. The van der Waals surface area contributed by atoms with E-state index in [9.17, 15) is 9.90 Å². The fourth-order valence-electron chi connectivity index (χ4n) is 2.64. The van der Waals surface area contributed by atoms with Gasteiger partial charge in [0.05, 0.1) is 6.61 Å². The van der Waals surface area contributed by atoms with Crippen LogP contribution in [0.2, 0.25) is 0 Å². The predicted molar refractivity (Wildman–Crippen MR) is 74.2 cm³/mol. The summed E-state index contributed by atoms with van der Waals surface area (Å²) in [5, 5.41) is 12.1. The Morgan fingerprint density at radius 3 is 2.89 bits per heavy atom. The first-order valence-corrected chi connectivity index (χ1v) is 6.82. The Bertz CT molecular complexity index is 430. The number of aliphatic hydroxyl groups excluding tert-OH is 1. The van der Waals surface area contributed by atoms with Crippen molar-refractivity contribution in [1.82, 2.24) is 9.88 Å². The van der Waals surface area contributed by atoms with E-state index in [4.69, 9.17) is 0 Å². The lowest BCUT2D eigenvalue weighted by molar-refractivity contribution is 0.0638. The largest absolute Gasteiger partial charge is 0.395 e. The second-order valence-corrected chi connectivity index (χ2v) is 4.84. The number of hydrogen-bond acceptors (Lipinski definition) is 4. The number of aliphatic hydroxyl groups is 1. The molecule has 1 heterocycles. The first-order chi connectivity index (χ1) is 9.26. The molecule has 0 saturated heterocycles. The second-order valence-electron chi connectivity index (χ2n) is 4.84. The fourth-order valence-corrected chi connectivity index (χ4v) is 2.64. The van der Waals surface area contributed by atoms with Crippen LogP contribution in [0.1, 0.15) is 36.0 Å². The van der Waals surface area contributed by atoms with Gasteiger partial charge in [0, 0.05) is 31.4 Å². The average molecular weight is 263 g/mol. The smallest absolute Gasteiger partial charge is 0.254 e. The van der Waals surface area contributed by atoms with Crippen LogP contribution in [-0.4, -0.2) is 47.1 Å². The standard InChI is InChI=1S/C14H21N3O2/c1-15-13-10-11(6-7-16-13)14(19)17(8-9-18)12-4-2-3-5-12/h6-7,10,12,18H,2-5,8-9H2,1H3,(H,15,16). The summed E-state index contributed by atoms with van der Waals surface area (Å²) < 4.78 is 0. The molecule has 5 nitrogen and oxygen atoms in total. The van der Waals surface area contributed by atoms with Gasteiger partial charge in [-0.3, -0.25) is 4.79 Å². The Hall–Kier alpha value is -1.62. The molecule has 1 aliphatic rings. The Labute approximate surface area is 113 Å². The van der Waals surface area contributed by atoms with Gasteiger partial charge in [-0.15, -0.1) is 0 Å². The Balaban J connectivity index is 2.17. The monoisotopic (exact) mass is 263 g/mol. The summed E-state index contributed by atoms with van der Waals surface area (Å²) in [6.07, 6.45) is 6.03. The van der Waals surface area contributed by atoms with Gasteiger partial charge in [-0.2, -0.15) is 0 Å². The molecule has 0 atom stereocenters. The Morgan fingerprint density at radius 2 is 2.26 bits per heavy atom. The molecule has 1 amide bonds. The predicted octanol–water partition coefficient (Wildman–Crippen LogP) is 1.50. The van der Waals surface area contributed by atoms with Crippen LogP contribution >= 0.6 is 0 Å². The maximum Gasteiger partial charge on any atom is 0.254 e. The zero-order valence-corrected chi connectivity index (χ0v) is 11.3. The lowest BCUT2D eigenvalue weighted by Gasteiger charge is -2.28. The van der Waals surface area contributed by atoms with E-state index in [1.165, 1.54) is 0 Å². The minimum absolute atomic E-state index is 0.00616. The number of rotatable bonds is 5. The summed E-state index contributed by atoms with van der Waals surface area (Å²) in [6, 6.07) is 3.75. The molecular formula is C14H21N3O2. The van der Waals surface area contributed by atoms with E-state index in [1.807, 2.05) is 4.90 Å². The fraction of sp³-hybridized carbons (Fsp3) is 0.571. The molecule has 2 N–H and O–H groups in total. The minimum Gasteiger partial charge on any atom is -0.395 e. The zero-order valence-electron chi connectivity index (χ0n) is 11.3. The van der Waals surface area contributed by atoms with E-state index in [0.29, 0.717) is 17.9 Å². The van der Waals surface area contributed by atoms with Gasteiger partial charge in [-0.25, -0.2) is 4.98 Å². The number of anilines is 1. The molecule has 1 saturated carbocycles. The van der Waals surface area contributed by atoms with E-state index >= 15 is 0 Å². The molecule has 1 aromatic rings. The molecule has 0 aliphatic heterocycles. The highest BCUT2D eigenvalue weighted by atomic mass is 16.3. The lowest BCUT2D eigenvalue weighted by Crippen LogP contribution is -2.40. The zero-order chi connectivity index (χ0) is 13.7. The van der Waals surface area contributed by atoms with E-state index in [0.717, 1.165) is 25.7 Å². The summed E-state index contributed by atoms with van der Waals surface area (Å²) in [5.41, 5.74) is 0.625. The molecule has 104 valence electrons. The highest BCUT2D eigenvalue weighted by Crippen LogP contribution is 2.25. The van der Waals surface area contributed by atoms with Gasteiger partial charge in [0.15, 0.2) is 0 Å². The normalized spacial score (nSPS) is 15.5. The number of pyridine rings is 1. The summed E-state index contributed by atoms with van der Waals surface area (Å²) in [6.45, 7) is 0.410. The lowest BCUT2D eigenvalue weighted by atomic mass is 10.1. The van der Waals surface area contributed by atoms with Gasteiger partial charge in [0.1, 0.15) is 5.82 Å². The number of nitrogens with zero attached hydrogens (tertiary/aromatic N) is 2. The Morgan fingerprint density at radius 1 is 1.53 bits per heavy atom. The molecule has 0 unspecified atom stereocenters. The van der Waals surface area contributed by atoms with E-state index in [2.05, 4.69) is 10.3 Å². The summed E-state index contributed by atoms with van der Waals surface area (Å²) in [7, 11) is 1.78. The molecule has 0 bridgehead atoms. The SMILES string of the molecule is CNc1cc(C(=O)N(CCO)C2CCCC2)ccn1. The van der Waals surface area contributed by atoms with Crippen molar-refractivity contribution in [2.75, 3.05) is 25.5 Å². The number of carbonyl (C=O) groups is 1. The van der Waals surface area contributed by atoms with Crippen molar-refractivity contribution in [2.45, 2.75) is 31.7 Å². The highest BCUT2D eigenvalue weighted by molar-refractivity contribution is 5.95. The van der Waals surface area contributed by atoms with Crippen LogP contribution < -0.4 is 5.32 Å². The Kier molecular flexibility index (Phi) is 4.74. The van der Waals surface area contributed by atoms with Crippen LogP contribution in [0.4, 0.5) is 5.82 Å².